The van der Waals surface area contributed by atoms with Crippen LogP contribution < -0.4 is 5.43 Å². The van der Waals surface area contributed by atoms with Gasteiger partial charge in [-0.25, -0.2) is 23.1 Å². The fourth-order valence-corrected chi connectivity index (χ4v) is 3.50. The zero-order valence-corrected chi connectivity index (χ0v) is 16.1. The molecule has 1 heterocycles. The number of aryl methyl sites for hydroxylation is 1. The molecular weight excluding hydrogens is 360 g/mol. The SMILES string of the molecule is C/C(=N/NC(=O)Cc1csc(C)n1)c1ccc(S(=O)(=O)N(C)C)cc1. The topological polar surface area (TPSA) is 91.7 Å². The number of nitrogens with zero attached hydrogens (tertiary/aromatic N) is 3. The van der Waals surface area contributed by atoms with Gasteiger partial charge in [0.25, 0.3) is 0 Å². The van der Waals surface area contributed by atoms with Crippen molar-refractivity contribution in [2.45, 2.75) is 25.2 Å². The number of benzene rings is 1. The van der Waals surface area contributed by atoms with Crippen LogP contribution in [0.3, 0.4) is 0 Å². The monoisotopic (exact) mass is 380 g/mol. The molecule has 0 fully saturated rings. The van der Waals surface area contributed by atoms with Crippen molar-refractivity contribution < 1.29 is 13.2 Å². The molecule has 0 bridgehead atoms. The third-order valence-corrected chi connectivity index (χ3v) is 6.06. The number of carbonyl (C=O) groups excluding carboxylic acids is 1. The largest absolute Gasteiger partial charge is 0.273 e. The van der Waals surface area contributed by atoms with Gasteiger partial charge in [0.15, 0.2) is 0 Å². The summed E-state index contributed by atoms with van der Waals surface area (Å²) in [5.74, 6) is -0.253. The van der Waals surface area contributed by atoms with Gasteiger partial charge in [-0.2, -0.15) is 5.10 Å². The minimum absolute atomic E-state index is 0.168. The van der Waals surface area contributed by atoms with Gasteiger partial charge in [-0.15, -0.1) is 11.3 Å². The molecule has 0 unspecified atom stereocenters. The van der Waals surface area contributed by atoms with E-state index in [1.54, 1.807) is 19.1 Å². The lowest BCUT2D eigenvalue weighted by molar-refractivity contribution is -0.120. The zero-order valence-electron chi connectivity index (χ0n) is 14.5. The van der Waals surface area contributed by atoms with E-state index in [4.69, 9.17) is 0 Å². The number of hydrogen-bond donors (Lipinski definition) is 1. The van der Waals surface area contributed by atoms with Crippen molar-refractivity contribution in [3.8, 4) is 0 Å². The second kappa shape index (κ2) is 7.85. The lowest BCUT2D eigenvalue weighted by Gasteiger charge is -2.11. The predicted octanol–water partition coefficient (Wildman–Crippen LogP) is 1.78. The third-order valence-electron chi connectivity index (χ3n) is 3.41. The molecule has 0 aliphatic carbocycles. The van der Waals surface area contributed by atoms with Crippen LogP contribution >= 0.6 is 11.3 Å². The van der Waals surface area contributed by atoms with Crippen LogP contribution in [0.15, 0.2) is 39.6 Å². The van der Waals surface area contributed by atoms with E-state index in [0.29, 0.717) is 11.4 Å². The summed E-state index contributed by atoms with van der Waals surface area (Å²) in [4.78, 5) is 16.3. The molecule has 0 aliphatic rings. The first-order valence-electron chi connectivity index (χ1n) is 7.47. The average Bonchev–Trinajstić information content (AvgIpc) is 2.97. The lowest BCUT2D eigenvalue weighted by atomic mass is 10.1. The molecule has 7 nitrogen and oxygen atoms in total. The molecule has 134 valence electrons. The Morgan fingerprint density at radius 2 is 1.92 bits per heavy atom. The number of carbonyl (C=O) groups is 1. The van der Waals surface area contributed by atoms with Crippen molar-refractivity contribution in [3.63, 3.8) is 0 Å². The van der Waals surface area contributed by atoms with Gasteiger partial charge in [-0.3, -0.25) is 4.79 Å². The first-order chi connectivity index (χ1) is 11.7. The van der Waals surface area contributed by atoms with Crippen molar-refractivity contribution in [2.24, 2.45) is 5.10 Å². The molecule has 0 saturated heterocycles. The fraction of sp³-hybridized carbons (Fsp3) is 0.312. The second-order valence-corrected chi connectivity index (χ2v) is 8.79. The average molecular weight is 380 g/mol. The van der Waals surface area contributed by atoms with Gasteiger partial charge < -0.3 is 0 Å². The molecule has 0 aliphatic heterocycles. The van der Waals surface area contributed by atoms with Crippen molar-refractivity contribution >= 4 is 33.0 Å². The van der Waals surface area contributed by atoms with Crippen LogP contribution in [0.4, 0.5) is 0 Å². The molecule has 1 aromatic carbocycles. The van der Waals surface area contributed by atoms with E-state index >= 15 is 0 Å². The number of amides is 1. The maximum Gasteiger partial charge on any atom is 0.246 e. The van der Waals surface area contributed by atoms with Gasteiger partial charge in [0, 0.05) is 19.5 Å². The highest BCUT2D eigenvalue weighted by atomic mass is 32.2. The highest BCUT2D eigenvalue weighted by molar-refractivity contribution is 7.89. The van der Waals surface area contributed by atoms with Crippen LogP contribution in [0.5, 0.6) is 0 Å². The van der Waals surface area contributed by atoms with E-state index in [-0.39, 0.29) is 17.2 Å². The molecule has 0 atom stereocenters. The summed E-state index contributed by atoms with van der Waals surface area (Å²) in [7, 11) is -0.497. The molecule has 9 heteroatoms. The summed E-state index contributed by atoms with van der Waals surface area (Å²) < 4.78 is 25.2. The quantitative estimate of drug-likeness (QED) is 0.611. The van der Waals surface area contributed by atoms with Crippen molar-refractivity contribution in [3.05, 3.63) is 45.9 Å². The molecule has 1 N–H and O–H groups in total. The summed E-state index contributed by atoms with van der Waals surface area (Å²) >= 11 is 1.49. The smallest absolute Gasteiger partial charge is 0.246 e. The number of nitrogens with one attached hydrogen (secondary N) is 1. The van der Waals surface area contributed by atoms with Crippen LogP contribution in [-0.4, -0.2) is 43.4 Å². The molecule has 0 saturated carbocycles. The van der Waals surface area contributed by atoms with Gasteiger partial charge in [0.2, 0.25) is 15.9 Å². The standard InChI is InChI=1S/C16H20N4O3S2/c1-11(18-19-16(21)9-14-10-24-12(2)17-14)13-5-7-15(8-6-13)25(22,23)20(3)4/h5-8,10H,9H2,1-4H3,(H,19,21)/b18-11-. The van der Waals surface area contributed by atoms with E-state index < -0.39 is 10.0 Å². The van der Waals surface area contributed by atoms with Gasteiger partial charge in [0.1, 0.15) is 0 Å². The van der Waals surface area contributed by atoms with Crippen LogP contribution in [0.1, 0.15) is 23.2 Å². The zero-order chi connectivity index (χ0) is 18.6. The van der Waals surface area contributed by atoms with E-state index in [9.17, 15) is 13.2 Å². The van der Waals surface area contributed by atoms with E-state index in [2.05, 4.69) is 15.5 Å². The molecule has 2 aromatic rings. The van der Waals surface area contributed by atoms with Crippen LogP contribution in [0.2, 0.25) is 0 Å². The van der Waals surface area contributed by atoms with Crippen molar-refractivity contribution in [1.82, 2.24) is 14.7 Å². The summed E-state index contributed by atoms with van der Waals surface area (Å²) in [6.07, 6.45) is 0.168. The highest BCUT2D eigenvalue weighted by Gasteiger charge is 2.16. The lowest BCUT2D eigenvalue weighted by Crippen LogP contribution is -2.22. The summed E-state index contributed by atoms with van der Waals surface area (Å²) in [5.41, 5.74) is 4.51. The number of hydrazone groups is 1. The minimum atomic E-state index is -3.46. The molecule has 0 spiro atoms. The fourth-order valence-electron chi connectivity index (χ4n) is 1.98. The molecule has 2 rings (SSSR count). The van der Waals surface area contributed by atoms with Gasteiger partial charge >= 0.3 is 0 Å². The Balaban J connectivity index is 2.03. The van der Waals surface area contributed by atoms with Gasteiger partial charge in [-0.05, 0) is 31.5 Å². The Bertz CT molecular complexity index is 884. The summed E-state index contributed by atoms with van der Waals surface area (Å²) in [6, 6.07) is 6.35. The van der Waals surface area contributed by atoms with Crippen LogP contribution in [0, 0.1) is 6.92 Å². The van der Waals surface area contributed by atoms with E-state index in [1.807, 2.05) is 12.3 Å². The van der Waals surface area contributed by atoms with Crippen LogP contribution in [-0.2, 0) is 21.2 Å². The number of sulfonamides is 1. The molecule has 1 amide bonds. The highest BCUT2D eigenvalue weighted by Crippen LogP contribution is 2.14. The first-order valence-corrected chi connectivity index (χ1v) is 9.79. The number of rotatable bonds is 6. The Hall–Kier alpha value is -2.10. The minimum Gasteiger partial charge on any atom is -0.273 e. The molecular formula is C16H20N4O3S2. The Kier molecular flexibility index (Phi) is 6.04. The van der Waals surface area contributed by atoms with Gasteiger partial charge in [0.05, 0.1) is 27.7 Å². The summed E-state index contributed by atoms with van der Waals surface area (Å²) in [5, 5.41) is 6.81. The Morgan fingerprint density at radius 1 is 1.28 bits per heavy atom. The van der Waals surface area contributed by atoms with Crippen LogP contribution in [0.25, 0.3) is 0 Å². The number of thiazole rings is 1. The van der Waals surface area contributed by atoms with E-state index in [0.717, 1.165) is 14.9 Å². The Labute approximate surface area is 151 Å². The van der Waals surface area contributed by atoms with Crippen molar-refractivity contribution in [1.29, 1.82) is 0 Å². The second-order valence-electron chi connectivity index (χ2n) is 5.58. The normalized spacial score (nSPS) is 12.4. The maximum atomic E-state index is 12.0. The van der Waals surface area contributed by atoms with E-state index in [1.165, 1.54) is 37.6 Å². The van der Waals surface area contributed by atoms with Crippen molar-refractivity contribution in [2.75, 3.05) is 14.1 Å². The number of hydrogen-bond acceptors (Lipinski definition) is 6. The molecule has 1 aromatic heterocycles. The molecule has 25 heavy (non-hydrogen) atoms. The molecule has 0 radical (unpaired) electrons. The predicted molar refractivity (Wildman–Crippen MR) is 98.2 cm³/mol. The van der Waals surface area contributed by atoms with Gasteiger partial charge in [-0.1, -0.05) is 12.1 Å². The number of aromatic nitrogens is 1. The maximum absolute atomic E-state index is 12.0. The first kappa shape index (κ1) is 19.2. The Morgan fingerprint density at radius 3 is 2.44 bits per heavy atom. The summed E-state index contributed by atoms with van der Waals surface area (Å²) in [6.45, 7) is 3.62. The third kappa shape index (κ3) is 4.94.